The second-order valence-electron chi connectivity index (χ2n) is 6.74. The molecule has 0 radical (unpaired) electrons. The lowest BCUT2D eigenvalue weighted by molar-refractivity contribution is 0.0473. The third kappa shape index (κ3) is 6.57. The van der Waals surface area contributed by atoms with Gasteiger partial charge in [-0.1, -0.05) is 6.92 Å². The summed E-state index contributed by atoms with van der Waals surface area (Å²) in [6, 6.07) is 0.270. The Morgan fingerprint density at radius 2 is 1.95 bits per heavy atom. The average Bonchev–Trinajstić information content (AvgIpc) is 2.35. The van der Waals surface area contributed by atoms with Gasteiger partial charge in [0.1, 0.15) is 5.60 Å². The molecule has 1 aliphatic rings. The molecule has 5 heteroatoms. The maximum Gasteiger partial charge on any atom is 0.422 e. The summed E-state index contributed by atoms with van der Waals surface area (Å²) in [5.41, 5.74) is 5.27. The van der Waals surface area contributed by atoms with Crippen molar-refractivity contribution in [3.05, 3.63) is 0 Å². The summed E-state index contributed by atoms with van der Waals surface area (Å²) >= 11 is 0. The zero-order valence-corrected chi connectivity index (χ0v) is 13.7. The first-order valence-corrected chi connectivity index (χ1v) is 7.78. The van der Waals surface area contributed by atoms with Gasteiger partial charge in [0.2, 0.25) is 0 Å². The summed E-state index contributed by atoms with van der Waals surface area (Å²) in [6.07, 6.45) is 3.18. The topological polar surface area (TPSA) is 53.6 Å². The maximum atomic E-state index is 11.6. The quantitative estimate of drug-likeness (QED) is 0.762. The van der Waals surface area contributed by atoms with Crippen LogP contribution < -0.4 is 10.9 Å². The summed E-state index contributed by atoms with van der Waals surface area (Å²) in [6.45, 7) is 13.5. The van der Waals surface area contributed by atoms with E-state index in [1.165, 1.54) is 25.8 Å². The molecule has 0 aromatic rings. The van der Waals surface area contributed by atoms with Crippen molar-refractivity contribution in [1.82, 2.24) is 15.8 Å². The SMILES string of the molecule is CCCN1CCC(C(C)NNC(=O)OC(C)(C)C)CC1. The molecule has 20 heavy (non-hydrogen) atoms. The Morgan fingerprint density at radius 1 is 1.35 bits per heavy atom. The van der Waals surface area contributed by atoms with Crippen molar-refractivity contribution in [3.8, 4) is 0 Å². The monoisotopic (exact) mass is 285 g/mol. The molecule has 1 aliphatic heterocycles. The minimum atomic E-state index is -0.458. The number of rotatable bonds is 5. The number of piperidine rings is 1. The maximum absolute atomic E-state index is 11.6. The summed E-state index contributed by atoms with van der Waals surface area (Å²) in [5.74, 6) is 0.609. The average molecular weight is 285 g/mol. The number of hydrazine groups is 1. The fourth-order valence-corrected chi connectivity index (χ4v) is 2.59. The molecule has 5 nitrogen and oxygen atoms in total. The van der Waals surface area contributed by atoms with Crippen LogP contribution in [0.5, 0.6) is 0 Å². The van der Waals surface area contributed by atoms with Gasteiger partial charge in [0, 0.05) is 6.04 Å². The number of nitrogens with zero attached hydrogens (tertiary/aromatic N) is 1. The summed E-state index contributed by atoms with van der Waals surface area (Å²) in [5, 5.41) is 0. The van der Waals surface area contributed by atoms with E-state index in [1.807, 2.05) is 20.8 Å². The molecule has 0 spiro atoms. The molecule has 0 aliphatic carbocycles. The minimum absolute atomic E-state index is 0.270. The third-order valence-electron chi connectivity index (χ3n) is 3.68. The smallest absolute Gasteiger partial charge is 0.422 e. The van der Waals surface area contributed by atoms with Crippen molar-refractivity contribution in [2.24, 2.45) is 5.92 Å². The molecule has 0 bridgehead atoms. The van der Waals surface area contributed by atoms with Crippen molar-refractivity contribution in [3.63, 3.8) is 0 Å². The largest absolute Gasteiger partial charge is 0.443 e. The first-order chi connectivity index (χ1) is 9.31. The van der Waals surface area contributed by atoms with E-state index in [1.54, 1.807) is 0 Å². The van der Waals surface area contributed by atoms with Gasteiger partial charge in [0.25, 0.3) is 0 Å². The molecule has 1 atom stereocenters. The number of hydrogen-bond donors (Lipinski definition) is 2. The number of likely N-dealkylation sites (tertiary alicyclic amines) is 1. The first kappa shape index (κ1) is 17.2. The molecule has 0 aromatic carbocycles. The lowest BCUT2D eigenvalue weighted by Gasteiger charge is -2.35. The molecule has 1 unspecified atom stereocenters. The second kappa shape index (κ2) is 7.84. The predicted molar refractivity (Wildman–Crippen MR) is 81.4 cm³/mol. The summed E-state index contributed by atoms with van der Waals surface area (Å²) in [7, 11) is 0. The van der Waals surface area contributed by atoms with Gasteiger partial charge in [0.15, 0.2) is 0 Å². The van der Waals surface area contributed by atoms with Gasteiger partial charge in [-0.15, -0.1) is 0 Å². The Balaban J connectivity index is 2.23. The normalized spacial score (nSPS) is 19.6. The molecule has 1 rings (SSSR count). The lowest BCUT2D eigenvalue weighted by atomic mass is 9.90. The number of amides is 1. The van der Waals surface area contributed by atoms with Crippen LogP contribution in [-0.2, 0) is 4.74 Å². The van der Waals surface area contributed by atoms with Crippen LogP contribution in [0, 0.1) is 5.92 Å². The van der Waals surface area contributed by atoms with Crippen molar-refractivity contribution >= 4 is 6.09 Å². The Hall–Kier alpha value is -0.810. The van der Waals surface area contributed by atoms with Gasteiger partial charge < -0.3 is 9.64 Å². The summed E-state index contributed by atoms with van der Waals surface area (Å²) < 4.78 is 5.20. The molecule has 1 heterocycles. The Labute approximate surface area is 123 Å². The van der Waals surface area contributed by atoms with Crippen LogP contribution in [0.15, 0.2) is 0 Å². The highest BCUT2D eigenvalue weighted by Crippen LogP contribution is 2.20. The van der Waals surface area contributed by atoms with Gasteiger partial charge in [-0.3, -0.25) is 5.43 Å². The van der Waals surface area contributed by atoms with E-state index in [0.717, 1.165) is 13.1 Å². The molecule has 1 saturated heterocycles. The van der Waals surface area contributed by atoms with Gasteiger partial charge >= 0.3 is 6.09 Å². The molecular weight excluding hydrogens is 254 g/mol. The van der Waals surface area contributed by atoms with Crippen LogP contribution in [0.3, 0.4) is 0 Å². The number of nitrogens with one attached hydrogen (secondary N) is 2. The zero-order valence-electron chi connectivity index (χ0n) is 13.7. The number of carbonyl (C=O) groups excluding carboxylic acids is 1. The van der Waals surface area contributed by atoms with E-state index in [-0.39, 0.29) is 6.04 Å². The van der Waals surface area contributed by atoms with E-state index >= 15 is 0 Å². The molecular formula is C15H31N3O2. The first-order valence-electron chi connectivity index (χ1n) is 7.78. The highest BCUT2D eigenvalue weighted by Gasteiger charge is 2.24. The number of hydrogen-bond acceptors (Lipinski definition) is 4. The fourth-order valence-electron chi connectivity index (χ4n) is 2.59. The standard InChI is InChI=1S/C15H31N3O2/c1-6-9-18-10-7-13(8-11-18)12(2)16-17-14(19)20-15(3,4)5/h12-13,16H,6-11H2,1-5H3,(H,17,19). The van der Waals surface area contributed by atoms with E-state index in [2.05, 4.69) is 29.6 Å². The van der Waals surface area contributed by atoms with Gasteiger partial charge in [-0.05, 0) is 72.5 Å². The van der Waals surface area contributed by atoms with Crippen LogP contribution >= 0.6 is 0 Å². The van der Waals surface area contributed by atoms with E-state index < -0.39 is 11.7 Å². The van der Waals surface area contributed by atoms with Crippen molar-refractivity contribution in [2.45, 2.75) is 65.5 Å². The van der Waals surface area contributed by atoms with Crippen LogP contribution in [0.2, 0.25) is 0 Å². The van der Waals surface area contributed by atoms with Gasteiger partial charge in [-0.2, -0.15) is 0 Å². The van der Waals surface area contributed by atoms with Crippen molar-refractivity contribution < 1.29 is 9.53 Å². The number of ether oxygens (including phenoxy) is 1. The summed E-state index contributed by atoms with van der Waals surface area (Å²) in [4.78, 5) is 14.1. The van der Waals surface area contributed by atoms with E-state index in [4.69, 9.17) is 4.74 Å². The molecule has 118 valence electrons. The molecule has 1 amide bonds. The number of carbonyl (C=O) groups is 1. The Morgan fingerprint density at radius 3 is 2.45 bits per heavy atom. The van der Waals surface area contributed by atoms with Crippen LogP contribution in [-0.4, -0.2) is 42.3 Å². The molecule has 0 saturated carbocycles. The van der Waals surface area contributed by atoms with Crippen molar-refractivity contribution in [2.75, 3.05) is 19.6 Å². The highest BCUT2D eigenvalue weighted by molar-refractivity contribution is 5.67. The Bertz CT molecular complexity index is 294. The van der Waals surface area contributed by atoms with Crippen LogP contribution in [0.4, 0.5) is 4.79 Å². The van der Waals surface area contributed by atoms with Crippen LogP contribution in [0.25, 0.3) is 0 Å². The zero-order chi connectivity index (χ0) is 15.2. The minimum Gasteiger partial charge on any atom is -0.443 e. The lowest BCUT2D eigenvalue weighted by Crippen LogP contribution is -2.50. The molecule has 2 N–H and O–H groups in total. The third-order valence-corrected chi connectivity index (χ3v) is 3.68. The van der Waals surface area contributed by atoms with E-state index in [0.29, 0.717) is 5.92 Å². The highest BCUT2D eigenvalue weighted by atomic mass is 16.6. The van der Waals surface area contributed by atoms with E-state index in [9.17, 15) is 4.79 Å². The fraction of sp³-hybridized carbons (Fsp3) is 0.933. The van der Waals surface area contributed by atoms with Gasteiger partial charge in [-0.25, -0.2) is 10.2 Å². The second-order valence-corrected chi connectivity index (χ2v) is 6.74. The van der Waals surface area contributed by atoms with Crippen molar-refractivity contribution in [1.29, 1.82) is 0 Å². The molecule has 0 aromatic heterocycles. The van der Waals surface area contributed by atoms with Crippen LogP contribution in [0.1, 0.15) is 53.9 Å². The van der Waals surface area contributed by atoms with Gasteiger partial charge in [0.05, 0.1) is 0 Å². The Kier molecular flexibility index (Phi) is 6.76. The molecule has 1 fully saturated rings. The predicted octanol–water partition coefficient (Wildman–Crippen LogP) is 2.53.